The topological polar surface area (TPSA) is 50.2 Å². The largest absolute Gasteiger partial charge is 0.317 e. The van der Waals surface area contributed by atoms with Gasteiger partial charge in [0.1, 0.15) is 5.82 Å². The van der Waals surface area contributed by atoms with Gasteiger partial charge in [0.25, 0.3) is 5.56 Å². The van der Waals surface area contributed by atoms with E-state index in [4.69, 9.17) is 0 Å². The molecule has 2 heterocycles. The summed E-state index contributed by atoms with van der Waals surface area (Å²) in [4.78, 5) is 19.3. The van der Waals surface area contributed by atoms with Gasteiger partial charge in [0.2, 0.25) is 5.65 Å². The molecule has 102 valence electrons. The fourth-order valence-electron chi connectivity index (χ4n) is 2.45. The van der Waals surface area contributed by atoms with Gasteiger partial charge in [-0.25, -0.2) is 9.37 Å². The van der Waals surface area contributed by atoms with E-state index in [1.54, 1.807) is 22.7 Å². The molecule has 0 amide bonds. The van der Waals surface area contributed by atoms with E-state index < -0.39 is 0 Å². The first-order valence-corrected chi connectivity index (χ1v) is 6.48. The third kappa shape index (κ3) is 1.82. The Morgan fingerprint density at radius 1 is 1.05 bits per heavy atom. The van der Waals surface area contributed by atoms with Crippen molar-refractivity contribution < 1.29 is 4.39 Å². The number of nitrogens with one attached hydrogen (secondary N) is 1. The van der Waals surface area contributed by atoms with Crippen LogP contribution in [0.3, 0.4) is 0 Å². The van der Waals surface area contributed by atoms with Crippen LogP contribution >= 0.6 is 0 Å². The van der Waals surface area contributed by atoms with E-state index in [1.807, 2.05) is 24.3 Å². The third-order valence-corrected chi connectivity index (χ3v) is 3.46. The van der Waals surface area contributed by atoms with Crippen molar-refractivity contribution in [1.29, 1.82) is 0 Å². The van der Waals surface area contributed by atoms with Crippen LogP contribution in [0.4, 0.5) is 4.39 Å². The van der Waals surface area contributed by atoms with Crippen LogP contribution in [0.2, 0.25) is 0 Å². The molecule has 4 nitrogen and oxygen atoms in total. The summed E-state index contributed by atoms with van der Waals surface area (Å²) in [6.45, 7) is 0. The van der Waals surface area contributed by atoms with E-state index >= 15 is 0 Å². The Hall–Kier alpha value is -2.95. The van der Waals surface area contributed by atoms with Crippen molar-refractivity contribution in [3.05, 3.63) is 70.9 Å². The van der Waals surface area contributed by atoms with E-state index in [2.05, 4.69) is 9.97 Å². The number of nitrogens with zero attached hydrogens (tertiary/aromatic N) is 2. The molecule has 0 fully saturated rings. The van der Waals surface area contributed by atoms with Gasteiger partial charge in [-0.3, -0.25) is 9.20 Å². The molecule has 2 aromatic carbocycles. The molecule has 0 unspecified atom stereocenters. The Morgan fingerprint density at radius 2 is 1.81 bits per heavy atom. The Morgan fingerprint density at radius 3 is 2.62 bits per heavy atom. The second kappa shape index (κ2) is 4.28. The first kappa shape index (κ1) is 11.8. The molecular formula is C16H10FN3O. The highest BCUT2D eigenvalue weighted by Gasteiger charge is 2.10. The number of halogens is 1. The number of benzene rings is 2. The molecule has 0 saturated heterocycles. The quantitative estimate of drug-likeness (QED) is 0.582. The number of hydrogen-bond donors (Lipinski definition) is 1. The van der Waals surface area contributed by atoms with E-state index in [9.17, 15) is 9.18 Å². The highest BCUT2D eigenvalue weighted by Crippen LogP contribution is 2.20. The summed E-state index contributed by atoms with van der Waals surface area (Å²) in [5.74, 6) is -0.300. The molecule has 0 aliphatic heterocycles. The summed E-state index contributed by atoms with van der Waals surface area (Å²) in [5.41, 5.74) is 3.10. The van der Waals surface area contributed by atoms with Gasteiger partial charge in [-0.2, -0.15) is 0 Å². The maximum atomic E-state index is 13.0. The Kier molecular flexibility index (Phi) is 2.41. The van der Waals surface area contributed by atoms with Crippen LogP contribution in [0.5, 0.6) is 0 Å². The third-order valence-electron chi connectivity index (χ3n) is 3.46. The fourth-order valence-corrected chi connectivity index (χ4v) is 2.45. The average Bonchev–Trinajstić information content (AvgIpc) is 2.94. The van der Waals surface area contributed by atoms with Crippen molar-refractivity contribution >= 4 is 16.7 Å². The van der Waals surface area contributed by atoms with Crippen molar-refractivity contribution in [2.24, 2.45) is 0 Å². The van der Waals surface area contributed by atoms with Crippen LogP contribution in [-0.2, 0) is 0 Å². The highest BCUT2D eigenvalue weighted by atomic mass is 19.1. The molecule has 5 heteroatoms. The van der Waals surface area contributed by atoms with E-state index in [0.29, 0.717) is 11.3 Å². The summed E-state index contributed by atoms with van der Waals surface area (Å²) in [6.07, 6.45) is 1.79. The van der Waals surface area contributed by atoms with E-state index in [0.717, 1.165) is 16.6 Å². The van der Waals surface area contributed by atoms with Crippen LogP contribution in [0.15, 0.2) is 59.5 Å². The molecule has 0 spiro atoms. The van der Waals surface area contributed by atoms with Crippen LogP contribution in [0, 0.1) is 5.82 Å². The van der Waals surface area contributed by atoms with Gasteiger partial charge < -0.3 is 4.98 Å². The maximum Gasteiger partial charge on any atom is 0.292 e. The van der Waals surface area contributed by atoms with Crippen molar-refractivity contribution in [3.8, 4) is 11.3 Å². The zero-order valence-corrected chi connectivity index (χ0v) is 10.9. The van der Waals surface area contributed by atoms with Gasteiger partial charge in [0.15, 0.2) is 0 Å². The van der Waals surface area contributed by atoms with E-state index in [1.165, 1.54) is 12.1 Å². The van der Waals surface area contributed by atoms with Gasteiger partial charge in [-0.05, 0) is 36.4 Å². The second-order valence-electron chi connectivity index (χ2n) is 4.80. The SMILES string of the molecule is O=c1[nH]c2ccccc2n2cc(-c3ccc(F)cc3)nc12. The van der Waals surface area contributed by atoms with Crippen LogP contribution < -0.4 is 5.56 Å². The van der Waals surface area contributed by atoms with Gasteiger partial charge in [0.05, 0.1) is 16.7 Å². The summed E-state index contributed by atoms with van der Waals surface area (Å²) >= 11 is 0. The standard InChI is InChI=1S/C16H10FN3O/c17-11-7-5-10(6-8-11)13-9-20-14-4-2-1-3-12(14)19-16(21)15(20)18-13/h1-9H,(H,19,21). The number of aromatic amines is 1. The number of hydrogen-bond acceptors (Lipinski definition) is 2. The lowest BCUT2D eigenvalue weighted by molar-refractivity contribution is 0.628. The summed E-state index contributed by atoms with van der Waals surface area (Å²) in [6, 6.07) is 13.6. The molecule has 4 rings (SSSR count). The number of aromatic nitrogens is 3. The van der Waals surface area contributed by atoms with E-state index in [-0.39, 0.29) is 11.4 Å². The predicted octanol–water partition coefficient (Wildman–Crippen LogP) is 2.98. The van der Waals surface area contributed by atoms with Gasteiger partial charge in [-0.1, -0.05) is 12.1 Å². The van der Waals surface area contributed by atoms with Crippen molar-refractivity contribution in [2.45, 2.75) is 0 Å². The second-order valence-corrected chi connectivity index (χ2v) is 4.80. The fraction of sp³-hybridized carbons (Fsp3) is 0. The van der Waals surface area contributed by atoms with Crippen LogP contribution in [0.1, 0.15) is 0 Å². The zero-order valence-electron chi connectivity index (χ0n) is 10.9. The van der Waals surface area contributed by atoms with Crippen LogP contribution in [0.25, 0.3) is 27.9 Å². The first-order valence-electron chi connectivity index (χ1n) is 6.48. The average molecular weight is 279 g/mol. The van der Waals surface area contributed by atoms with Gasteiger partial charge in [-0.15, -0.1) is 0 Å². The van der Waals surface area contributed by atoms with Gasteiger partial charge >= 0.3 is 0 Å². The smallest absolute Gasteiger partial charge is 0.292 e. The molecule has 0 aliphatic carbocycles. The molecule has 1 N–H and O–H groups in total. The molecule has 0 atom stereocenters. The lowest BCUT2D eigenvalue weighted by atomic mass is 10.2. The molecule has 0 saturated carbocycles. The Balaban J connectivity index is 2.05. The number of imidazole rings is 1. The Labute approximate surface area is 118 Å². The first-order chi connectivity index (χ1) is 10.2. The monoisotopic (exact) mass is 279 g/mol. The lowest BCUT2D eigenvalue weighted by Gasteiger charge is -1.99. The highest BCUT2D eigenvalue weighted by molar-refractivity contribution is 5.78. The number of para-hydroxylation sites is 2. The normalized spacial score (nSPS) is 11.3. The molecule has 21 heavy (non-hydrogen) atoms. The van der Waals surface area contributed by atoms with Crippen molar-refractivity contribution in [1.82, 2.24) is 14.4 Å². The Bertz CT molecular complexity index is 1020. The van der Waals surface area contributed by atoms with Crippen molar-refractivity contribution in [2.75, 3.05) is 0 Å². The predicted molar refractivity (Wildman–Crippen MR) is 78.7 cm³/mol. The lowest BCUT2D eigenvalue weighted by Crippen LogP contribution is -2.10. The number of rotatable bonds is 1. The summed E-state index contributed by atoms with van der Waals surface area (Å²) < 4.78 is 14.8. The minimum atomic E-state index is -0.300. The summed E-state index contributed by atoms with van der Waals surface area (Å²) in [7, 11) is 0. The number of fused-ring (bicyclic) bond motifs is 3. The zero-order chi connectivity index (χ0) is 14.4. The minimum Gasteiger partial charge on any atom is -0.317 e. The van der Waals surface area contributed by atoms with Crippen molar-refractivity contribution in [3.63, 3.8) is 0 Å². The van der Waals surface area contributed by atoms with Crippen LogP contribution in [-0.4, -0.2) is 14.4 Å². The maximum absolute atomic E-state index is 13.0. The molecule has 2 aromatic heterocycles. The minimum absolute atomic E-state index is 0.248. The molecule has 4 aromatic rings. The molecule has 0 bridgehead atoms. The number of H-pyrrole nitrogens is 1. The molecule has 0 radical (unpaired) electrons. The molecular weight excluding hydrogens is 269 g/mol. The molecule has 0 aliphatic rings. The van der Waals surface area contributed by atoms with Gasteiger partial charge in [0, 0.05) is 11.8 Å². The summed E-state index contributed by atoms with van der Waals surface area (Å²) in [5, 5.41) is 0.